The van der Waals surface area contributed by atoms with Crippen molar-refractivity contribution in [1.82, 2.24) is 25.2 Å². The number of nitrogens with zero attached hydrogens (tertiary/aromatic N) is 4. The summed E-state index contributed by atoms with van der Waals surface area (Å²) in [7, 11) is 2.03. The summed E-state index contributed by atoms with van der Waals surface area (Å²) in [6, 6.07) is 8.14. The van der Waals surface area contributed by atoms with Gasteiger partial charge in [-0.1, -0.05) is 26.0 Å². The average molecular weight is 371 g/mol. The fourth-order valence-electron chi connectivity index (χ4n) is 2.66. The van der Waals surface area contributed by atoms with E-state index in [2.05, 4.69) is 62.4 Å². The number of hydrogen-bond donors (Lipinski definition) is 2. The Bertz CT molecular complexity index is 892. The summed E-state index contributed by atoms with van der Waals surface area (Å²) in [6.45, 7) is 8.39. The molecule has 3 aromatic rings. The minimum absolute atomic E-state index is 0.458. The molecule has 0 unspecified atom stereocenters. The molecule has 0 saturated carbocycles. The third kappa shape index (κ3) is 4.22. The van der Waals surface area contributed by atoms with E-state index in [0.29, 0.717) is 19.0 Å². The van der Waals surface area contributed by atoms with Crippen molar-refractivity contribution in [1.29, 1.82) is 0 Å². The molecule has 0 radical (unpaired) electrons. The summed E-state index contributed by atoms with van der Waals surface area (Å²) in [5.74, 6) is 2.18. The van der Waals surface area contributed by atoms with Crippen molar-refractivity contribution in [2.24, 2.45) is 12.0 Å². The summed E-state index contributed by atoms with van der Waals surface area (Å²) < 4.78 is 2.10. The molecule has 0 aliphatic heterocycles. The fourth-order valence-corrected chi connectivity index (χ4v) is 3.55. The van der Waals surface area contributed by atoms with Crippen molar-refractivity contribution >= 4 is 28.3 Å². The number of para-hydroxylation sites is 2. The summed E-state index contributed by atoms with van der Waals surface area (Å²) in [5, 5.41) is 9.85. The second kappa shape index (κ2) is 8.31. The SMILES string of the molecule is CCNC(=NCc1nc2ccccc2n1C)NCc1nc(C(C)C)cs1. The van der Waals surface area contributed by atoms with E-state index >= 15 is 0 Å². The number of rotatable bonds is 6. The van der Waals surface area contributed by atoms with Crippen molar-refractivity contribution in [3.05, 3.63) is 46.2 Å². The normalized spacial score (nSPS) is 12.1. The molecule has 0 bridgehead atoms. The smallest absolute Gasteiger partial charge is 0.192 e. The Morgan fingerprint density at radius 3 is 2.73 bits per heavy atom. The molecule has 2 N–H and O–H groups in total. The molecule has 26 heavy (non-hydrogen) atoms. The molecule has 0 spiro atoms. The maximum Gasteiger partial charge on any atom is 0.192 e. The molecule has 0 atom stereocenters. The van der Waals surface area contributed by atoms with Crippen molar-refractivity contribution < 1.29 is 0 Å². The average Bonchev–Trinajstić information content (AvgIpc) is 3.23. The van der Waals surface area contributed by atoms with Gasteiger partial charge >= 0.3 is 0 Å². The molecule has 0 aliphatic rings. The number of hydrogen-bond acceptors (Lipinski definition) is 4. The standard InChI is InChI=1S/C19H26N6S/c1-5-20-19(22-11-18-24-15(12-26-18)13(2)3)21-10-17-23-14-8-6-7-9-16(14)25(17)4/h6-9,12-13H,5,10-11H2,1-4H3,(H2,20,21,22). The van der Waals surface area contributed by atoms with Crippen LogP contribution in [0.5, 0.6) is 0 Å². The zero-order valence-electron chi connectivity index (χ0n) is 15.8. The van der Waals surface area contributed by atoms with Crippen LogP contribution < -0.4 is 10.6 Å². The highest BCUT2D eigenvalue weighted by Crippen LogP contribution is 2.17. The van der Waals surface area contributed by atoms with Crippen LogP contribution in [0, 0.1) is 0 Å². The highest BCUT2D eigenvalue weighted by Gasteiger charge is 2.08. The summed E-state index contributed by atoms with van der Waals surface area (Å²) in [4.78, 5) is 14.0. The number of aliphatic imine (C=N–C) groups is 1. The second-order valence-electron chi connectivity index (χ2n) is 6.45. The van der Waals surface area contributed by atoms with Crippen LogP contribution in [0.3, 0.4) is 0 Å². The van der Waals surface area contributed by atoms with Crippen molar-refractivity contribution in [2.45, 2.75) is 39.8 Å². The Labute approximate surface area is 158 Å². The molecule has 0 amide bonds. The van der Waals surface area contributed by atoms with Gasteiger partial charge in [-0.25, -0.2) is 15.0 Å². The third-order valence-electron chi connectivity index (χ3n) is 4.17. The maximum atomic E-state index is 4.68. The van der Waals surface area contributed by atoms with Gasteiger partial charge in [0.05, 0.1) is 23.3 Å². The Morgan fingerprint density at radius 1 is 1.23 bits per heavy atom. The lowest BCUT2D eigenvalue weighted by molar-refractivity contribution is 0.769. The number of benzene rings is 1. The zero-order valence-corrected chi connectivity index (χ0v) is 16.6. The molecular formula is C19H26N6S. The van der Waals surface area contributed by atoms with Gasteiger partial charge < -0.3 is 15.2 Å². The highest BCUT2D eigenvalue weighted by atomic mass is 32.1. The van der Waals surface area contributed by atoms with Crippen molar-refractivity contribution in [3.8, 4) is 0 Å². The third-order valence-corrected chi connectivity index (χ3v) is 5.04. The fraction of sp³-hybridized carbons (Fsp3) is 0.421. The number of guanidine groups is 1. The highest BCUT2D eigenvalue weighted by molar-refractivity contribution is 7.09. The molecule has 0 fully saturated rings. The Kier molecular flexibility index (Phi) is 5.88. The molecule has 2 heterocycles. The molecule has 1 aromatic carbocycles. The molecule has 7 heteroatoms. The minimum atomic E-state index is 0.458. The topological polar surface area (TPSA) is 67.1 Å². The zero-order chi connectivity index (χ0) is 18.5. The van der Waals surface area contributed by atoms with Gasteiger partial charge in [0, 0.05) is 19.0 Å². The van der Waals surface area contributed by atoms with Gasteiger partial charge in [0.1, 0.15) is 17.4 Å². The molecule has 138 valence electrons. The van der Waals surface area contributed by atoms with Crippen LogP contribution in [0.25, 0.3) is 11.0 Å². The predicted molar refractivity (Wildman–Crippen MR) is 109 cm³/mol. The van der Waals surface area contributed by atoms with Gasteiger partial charge in [0.15, 0.2) is 5.96 Å². The van der Waals surface area contributed by atoms with E-state index in [4.69, 9.17) is 0 Å². The van der Waals surface area contributed by atoms with Crippen LogP contribution in [0.15, 0.2) is 34.6 Å². The van der Waals surface area contributed by atoms with Gasteiger partial charge in [0.2, 0.25) is 0 Å². The minimum Gasteiger partial charge on any atom is -0.357 e. The Balaban J connectivity index is 1.68. The largest absolute Gasteiger partial charge is 0.357 e. The molecule has 0 aliphatic carbocycles. The Hall–Kier alpha value is -2.41. The maximum absolute atomic E-state index is 4.68. The van der Waals surface area contributed by atoms with Crippen molar-refractivity contribution in [3.63, 3.8) is 0 Å². The van der Waals surface area contributed by atoms with Crippen molar-refractivity contribution in [2.75, 3.05) is 6.54 Å². The van der Waals surface area contributed by atoms with Gasteiger partial charge in [-0.05, 0) is 25.0 Å². The molecular weight excluding hydrogens is 344 g/mol. The van der Waals surface area contributed by atoms with Gasteiger partial charge in [0.25, 0.3) is 0 Å². The Morgan fingerprint density at radius 2 is 2.04 bits per heavy atom. The van der Waals surface area contributed by atoms with Gasteiger partial charge in [-0.15, -0.1) is 11.3 Å². The first-order valence-corrected chi connectivity index (χ1v) is 9.83. The van der Waals surface area contributed by atoms with Gasteiger partial charge in [-0.3, -0.25) is 0 Å². The second-order valence-corrected chi connectivity index (χ2v) is 7.39. The first kappa shape index (κ1) is 18.4. The lowest BCUT2D eigenvalue weighted by Crippen LogP contribution is -2.36. The summed E-state index contributed by atoms with van der Waals surface area (Å²) >= 11 is 1.68. The summed E-state index contributed by atoms with van der Waals surface area (Å²) in [6.07, 6.45) is 0. The lowest BCUT2D eigenvalue weighted by atomic mass is 10.2. The molecule has 2 aromatic heterocycles. The van der Waals surface area contributed by atoms with Gasteiger partial charge in [-0.2, -0.15) is 0 Å². The lowest BCUT2D eigenvalue weighted by Gasteiger charge is -2.10. The van der Waals surface area contributed by atoms with E-state index < -0.39 is 0 Å². The van der Waals surface area contributed by atoms with Crippen LogP contribution in [0.2, 0.25) is 0 Å². The molecule has 3 rings (SSSR count). The first-order chi connectivity index (χ1) is 12.6. The van der Waals surface area contributed by atoms with Crippen LogP contribution in [0.4, 0.5) is 0 Å². The van der Waals surface area contributed by atoms with E-state index in [1.54, 1.807) is 11.3 Å². The van der Waals surface area contributed by atoms with E-state index in [-0.39, 0.29) is 0 Å². The summed E-state index contributed by atoms with van der Waals surface area (Å²) in [5.41, 5.74) is 3.27. The number of imidazole rings is 1. The first-order valence-electron chi connectivity index (χ1n) is 8.95. The van der Waals surface area contributed by atoms with E-state index in [0.717, 1.165) is 40.1 Å². The number of nitrogens with one attached hydrogen (secondary N) is 2. The quantitative estimate of drug-likeness (QED) is 0.515. The van der Waals surface area contributed by atoms with E-state index in [9.17, 15) is 0 Å². The molecule has 0 saturated heterocycles. The van der Waals surface area contributed by atoms with Crippen LogP contribution in [-0.2, 0) is 20.1 Å². The monoisotopic (exact) mass is 370 g/mol. The number of aryl methyl sites for hydroxylation is 1. The number of fused-ring (bicyclic) bond motifs is 1. The van der Waals surface area contributed by atoms with Crippen LogP contribution in [-0.4, -0.2) is 27.0 Å². The predicted octanol–water partition coefficient (Wildman–Crippen LogP) is 3.41. The molecule has 6 nitrogen and oxygen atoms in total. The van der Waals surface area contributed by atoms with Crippen LogP contribution in [0.1, 0.15) is 43.2 Å². The van der Waals surface area contributed by atoms with E-state index in [1.807, 2.05) is 25.2 Å². The number of aromatic nitrogens is 3. The van der Waals surface area contributed by atoms with E-state index in [1.165, 1.54) is 0 Å². The van der Waals surface area contributed by atoms with Crippen LogP contribution >= 0.6 is 11.3 Å². The number of thiazole rings is 1.